The number of para-hydroxylation sites is 1. The number of nitro groups is 1. The van der Waals surface area contributed by atoms with E-state index >= 15 is 0 Å². The Morgan fingerprint density at radius 2 is 1.45 bits per heavy atom. The molecule has 11 rings (SSSR count). The summed E-state index contributed by atoms with van der Waals surface area (Å²) in [6.45, 7) is 0.287. The van der Waals surface area contributed by atoms with Crippen LogP contribution in [0.4, 0.5) is 23.4 Å². The molecule has 4 fully saturated rings. The number of nitrogens with two attached hydrogens (primary N) is 3. The first-order valence-electron chi connectivity index (χ1n) is 26.5. The van der Waals surface area contributed by atoms with Crippen LogP contribution in [0.25, 0.3) is 33.5 Å². The lowest BCUT2D eigenvalue weighted by Crippen LogP contribution is -2.47. The number of hydrogen-bond donors (Lipinski definition) is 12. The van der Waals surface area contributed by atoms with Gasteiger partial charge < -0.3 is 80.5 Å². The monoisotopic (exact) mass is 1370 g/mol. The first kappa shape index (κ1) is 65.9. The summed E-state index contributed by atoms with van der Waals surface area (Å²) in [4.78, 5) is 109. The van der Waals surface area contributed by atoms with Gasteiger partial charge >= 0.3 is 36.9 Å². The molecule has 4 aliphatic heterocycles. The van der Waals surface area contributed by atoms with Crippen molar-refractivity contribution in [1.29, 1.82) is 0 Å². The van der Waals surface area contributed by atoms with Gasteiger partial charge in [0.05, 0.1) is 62.7 Å². The molecule has 6 aromatic heterocycles. The lowest BCUT2D eigenvalue weighted by atomic mass is 9.84. The van der Waals surface area contributed by atoms with Gasteiger partial charge in [-0.25, -0.2) is 42.8 Å². The molecular formula is C44H57N16O27P4+. The second kappa shape index (κ2) is 24.4. The number of anilines is 3. The van der Waals surface area contributed by atoms with Crippen molar-refractivity contribution in [2.24, 2.45) is 12.5 Å². The van der Waals surface area contributed by atoms with Gasteiger partial charge in [0.1, 0.15) is 73.1 Å². The number of aromatic amines is 2. The van der Waals surface area contributed by atoms with Crippen LogP contribution in [0.15, 0.2) is 59.2 Å². The summed E-state index contributed by atoms with van der Waals surface area (Å²) in [5, 5.41) is 45.6. The second-order valence-corrected chi connectivity index (χ2v) is 28.0. The minimum absolute atomic E-state index is 0.00663. The summed E-state index contributed by atoms with van der Waals surface area (Å²) < 4.78 is 125. The highest BCUT2D eigenvalue weighted by atomic mass is 31.3. The summed E-state index contributed by atoms with van der Waals surface area (Å²) in [6.07, 6.45) is -14.8. The Labute approximate surface area is 507 Å². The number of benzene rings is 1. The zero-order chi connectivity index (χ0) is 65.7. The molecule has 0 spiro atoms. The van der Waals surface area contributed by atoms with Crippen LogP contribution in [0.5, 0.6) is 0 Å². The van der Waals surface area contributed by atoms with Gasteiger partial charge in [-0.2, -0.15) is 13.6 Å². The van der Waals surface area contributed by atoms with Gasteiger partial charge in [0, 0.05) is 6.07 Å². The third kappa shape index (κ3) is 13.1. The Balaban J connectivity index is 0.769. The van der Waals surface area contributed by atoms with Crippen LogP contribution < -0.4 is 32.9 Å². The number of nitro benzene ring substituents is 1. The Kier molecular flexibility index (Phi) is 17.7. The van der Waals surface area contributed by atoms with Crippen molar-refractivity contribution < 1.29 is 118 Å². The lowest BCUT2D eigenvalue weighted by molar-refractivity contribution is -0.746. The number of nitrogens with zero attached hydrogens (tertiary/aromatic N) is 11. The normalized spacial score (nSPS) is 29.0. The number of imidazole rings is 3. The van der Waals surface area contributed by atoms with Gasteiger partial charge in [0.2, 0.25) is 17.7 Å². The van der Waals surface area contributed by atoms with Gasteiger partial charge in [0.15, 0.2) is 41.4 Å². The third-order valence-corrected chi connectivity index (χ3v) is 19.9. The summed E-state index contributed by atoms with van der Waals surface area (Å²) >= 11 is 0. The molecule has 4 aliphatic rings. The number of aliphatic hydroxyl groups is 3. The van der Waals surface area contributed by atoms with Crippen molar-refractivity contribution in [3.63, 3.8) is 0 Å². The molecule has 15 N–H and O–H groups in total. The number of rotatable bonds is 24. The summed E-state index contributed by atoms with van der Waals surface area (Å²) in [6, 6.07) is 5.79. The van der Waals surface area contributed by atoms with Crippen LogP contribution in [-0.2, 0) is 80.4 Å². The van der Waals surface area contributed by atoms with Crippen LogP contribution in [0, 0.1) is 15.5 Å². The van der Waals surface area contributed by atoms with Crippen molar-refractivity contribution in [2.45, 2.75) is 100.0 Å². The molecule has 0 amide bonds. The highest BCUT2D eigenvalue weighted by Gasteiger charge is 2.66. The van der Waals surface area contributed by atoms with Crippen LogP contribution in [-0.4, -0.2) is 181 Å². The minimum Gasteiger partial charge on any atom is -0.387 e. The van der Waals surface area contributed by atoms with Crippen LogP contribution in [0.3, 0.4) is 0 Å². The van der Waals surface area contributed by atoms with Crippen molar-refractivity contribution in [3.05, 3.63) is 86.0 Å². The molecule has 91 heavy (non-hydrogen) atoms. The number of aromatic nitrogens is 12. The highest BCUT2D eigenvalue weighted by molar-refractivity contribution is 7.66. The van der Waals surface area contributed by atoms with E-state index in [0.717, 1.165) is 23.5 Å². The Hall–Kier alpha value is -6.57. The smallest absolute Gasteiger partial charge is 0.387 e. The van der Waals surface area contributed by atoms with E-state index in [1.165, 1.54) is 45.3 Å². The first-order chi connectivity index (χ1) is 42.7. The molecule has 0 aliphatic carbocycles. The van der Waals surface area contributed by atoms with Crippen molar-refractivity contribution in [1.82, 2.24) is 53.6 Å². The van der Waals surface area contributed by atoms with Gasteiger partial charge in [-0.15, -0.1) is 0 Å². The van der Waals surface area contributed by atoms with Crippen molar-refractivity contribution >= 4 is 88.2 Å². The zero-order valence-electron chi connectivity index (χ0n) is 47.3. The molecule has 43 nitrogen and oxygen atoms in total. The molecule has 10 heterocycles. The molecular weight excluding hydrogens is 1310 g/mol. The van der Waals surface area contributed by atoms with E-state index in [2.05, 4.69) is 48.5 Å². The molecule has 0 radical (unpaired) electrons. The van der Waals surface area contributed by atoms with E-state index in [4.69, 9.17) is 63.7 Å². The number of aryl methyl sites for hydroxylation is 1. The fourth-order valence-corrected chi connectivity index (χ4v) is 15.3. The predicted octanol–water partition coefficient (Wildman–Crippen LogP) is -1.26. The number of nitrogen functional groups attached to an aromatic ring is 3. The van der Waals surface area contributed by atoms with Gasteiger partial charge in [0.25, 0.3) is 22.8 Å². The topological polar surface area (TPSA) is 604 Å². The minimum atomic E-state index is -6.32. The van der Waals surface area contributed by atoms with Gasteiger partial charge in [-0.05, 0) is 11.5 Å². The number of ether oxygens (including phenoxy) is 6. The fraction of sp³-hybridized carbons (Fsp3) is 0.523. The quantitative estimate of drug-likeness (QED) is 0.0110. The molecule has 17 atom stereocenters. The number of H-pyrrole nitrogens is 2. The van der Waals surface area contributed by atoms with Gasteiger partial charge in [-0.3, -0.25) is 61.5 Å². The molecule has 2 bridgehead atoms. The number of fused-ring (bicyclic) bond motifs is 5. The van der Waals surface area contributed by atoms with E-state index < -0.39 is 165 Å². The number of aliphatic hydroxyl groups excluding tert-OH is 3. The van der Waals surface area contributed by atoms with Gasteiger partial charge in [-0.1, -0.05) is 37.9 Å². The number of nitrogens with one attached hydrogen (secondary N) is 2. The van der Waals surface area contributed by atoms with E-state index in [1.54, 1.807) is 26.8 Å². The number of phosphoric acid groups is 4. The Morgan fingerprint density at radius 3 is 2.15 bits per heavy atom. The average molecular weight is 1370 g/mol. The Bertz CT molecular complexity index is 4280. The van der Waals surface area contributed by atoms with Crippen molar-refractivity contribution in [2.75, 3.05) is 50.4 Å². The fourth-order valence-electron chi connectivity index (χ4n) is 10.8. The molecule has 0 saturated carbocycles. The molecule has 47 heteroatoms. The molecule has 1 aromatic carbocycles. The van der Waals surface area contributed by atoms with E-state index in [9.17, 15) is 72.9 Å². The second-order valence-electron chi connectivity index (χ2n) is 22.0. The molecule has 4 saturated heterocycles. The predicted molar refractivity (Wildman–Crippen MR) is 297 cm³/mol. The van der Waals surface area contributed by atoms with E-state index in [0.29, 0.717) is 0 Å². The zero-order valence-corrected chi connectivity index (χ0v) is 50.9. The molecule has 7 aromatic rings. The number of phosphoric ester groups is 3. The molecule has 494 valence electrons. The Morgan fingerprint density at radius 1 is 0.813 bits per heavy atom. The maximum Gasteiger partial charge on any atom is 0.490 e. The largest absolute Gasteiger partial charge is 0.490 e. The van der Waals surface area contributed by atoms with Crippen molar-refractivity contribution in [3.8, 4) is 0 Å². The highest BCUT2D eigenvalue weighted by Crippen LogP contribution is 2.68. The summed E-state index contributed by atoms with van der Waals surface area (Å²) in [5.41, 5.74) is 12.4. The maximum atomic E-state index is 13.9. The first-order valence-corrected chi connectivity index (χ1v) is 32.5. The number of hydrogen-bond acceptors (Lipinski definition) is 32. The van der Waals surface area contributed by atoms with E-state index in [-0.39, 0.29) is 62.5 Å². The standard InChI is InChI=1S/C44H56N16O27P4/c1-43(2,3)30(18-7-5-6-8-19(18)60(66)67)78-17-77-28-26(62)21(83-39(28)59-16-56(4)24-35(59)53-42(47)55-37(24)65)10-80-89(70,71)86-91(74,75)87-90(72,73)81-12-44-11-76-29(40(84-44)57-14-50-22-32(45)48-13-49-33(22)57)31(44)85-88(68,69)79-9-20-25(61)27(63)38(82-20)58-15-51-23-34(58)52-41(46)54-36(23)64/h5-8,13-16,20-21,25-31,38-40,61-63H,9-12,17H2,1-4H3,(H11-,45,46,47,48,49,52,53,54,55,64,65,68,69,70,71,72,73,74,75)/p+1/t20-,21-,25+,26+,27?,28?,29?,30?,31-,38-,39-,40-,44-/m1/s1. The molecule has 8 unspecified atom stereocenters. The maximum absolute atomic E-state index is 13.9. The van der Waals surface area contributed by atoms with Crippen LogP contribution in [0.1, 0.15) is 51.1 Å². The van der Waals surface area contributed by atoms with Crippen LogP contribution >= 0.6 is 31.3 Å². The average Bonchev–Trinajstić information content (AvgIpc) is 1.57. The van der Waals surface area contributed by atoms with E-state index in [1.807, 2.05) is 0 Å². The summed E-state index contributed by atoms with van der Waals surface area (Å²) in [5.74, 6) is -0.761. The third-order valence-electron chi connectivity index (χ3n) is 14.7. The van der Waals surface area contributed by atoms with Crippen LogP contribution in [0.2, 0.25) is 0 Å². The SMILES string of the molecule is Cn1c[n+]([C@@H]2O[C@H](COP(=O)(O)OP(=O)(O)OP(=O)(O)OC[C@@]34COC([C@H](n5cnc6c(N)ncnc65)O3)[C@H]4OP(=O)(O)OC[C@H]3O[C@@H](n4cnc5c(=O)[nH]c(N)nc54)C(O)[C@H]3O)[C@H](O)C2OCOC(c2ccccc2[N+](=O)[O-])C(C)(C)C)c2nc(N)[nH]c(=O)c21. The summed E-state index contributed by atoms with van der Waals surface area (Å²) in [7, 11) is -22.4. The lowest BCUT2D eigenvalue weighted by Gasteiger charge is -2.32.